The van der Waals surface area contributed by atoms with Crippen molar-refractivity contribution < 1.29 is 14.3 Å². The van der Waals surface area contributed by atoms with Gasteiger partial charge in [-0.25, -0.2) is 14.8 Å². The molecule has 0 saturated heterocycles. The fourth-order valence-electron chi connectivity index (χ4n) is 3.34. The van der Waals surface area contributed by atoms with Crippen molar-refractivity contribution in [2.45, 2.75) is 0 Å². The molecule has 0 fully saturated rings. The van der Waals surface area contributed by atoms with Gasteiger partial charge in [0, 0.05) is 35.6 Å². The van der Waals surface area contributed by atoms with E-state index in [0.29, 0.717) is 17.2 Å². The van der Waals surface area contributed by atoms with Gasteiger partial charge in [-0.2, -0.15) is 0 Å². The van der Waals surface area contributed by atoms with Gasteiger partial charge in [0.2, 0.25) is 0 Å². The average Bonchev–Trinajstić information content (AvgIpc) is 2.83. The molecule has 0 spiro atoms. The van der Waals surface area contributed by atoms with Crippen LogP contribution in [0.3, 0.4) is 0 Å². The molecule has 4 rings (SSSR count). The SMILES string of the molecule is COc1cc2ncnc(N(C)c3ccc(NC(=O)Nc4ccccc4)cc3)c2cc1OC. The van der Waals surface area contributed by atoms with Gasteiger partial charge in [0.1, 0.15) is 12.1 Å². The summed E-state index contributed by atoms with van der Waals surface area (Å²) in [7, 11) is 5.10. The Morgan fingerprint density at radius 2 is 1.47 bits per heavy atom. The molecule has 2 amide bonds. The molecule has 2 N–H and O–H groups in total. The predicted octanol–water partition coefficient (Wildman–Crippen LogP) is 5.06. The second-order valence-corrected chi connectivity index (χ2v) is 6.97. The number of fused-ring (bicyclic) bond motifs is 1. The highest BCUT2D eigenvalue weighted by atomic mass is 16.5. The molecule has 8 nitrogen and oxygen atoms in total. The van der Waals surface area contributed by atoms with E-state index in [2.05, 4.69) is 20.6 Å². The van der Waals surface area contributed by atoms with Crippen molar-refractivity contribution in [3.8, 4) is 11.5 Å². The largest absolute Gasteiger partial charge is 0.493 e. The van der Waals surface area contributed by atoms with Gasteiger partial charge in [-0.15, -0.1) is 0 Å². The minimum absolute atomic E-state index is 0.305. The number of carbonyl (C=O) groups excluding carboxylic acids is 1. The summed E-state index contributed by atoms with van der Waals surface area (Å²) in [5.41, 5.74) is 3.04. The molecule has 32 heavy (non-hydrogen) atoms. The lowest BCUT2D eigenvalue weighted by molar-refractivity contribution is 0.262. The van der Waals surface area contributed by atoms with Crippen molar-refractivity contribution in [3.05, 3.63) is 73.1 Å². The minimum atomic E-state index is -0.305. The van der Waals surface area contributed by atoms with Crippen LogP contribution in [0.1, 0.15) is 0 Å². The highest BCUT2D eigenvalue weighted by molar-refractivity contribution is 6.00. The Hall–Kier alpha value is -4.33. The minimum Gasteiger partial charge on any atom is -0.493 e. The third-order valence-corrected chi connectivity index (χ3v) is 4.98. The molecule has 8 heteroatoms. The van der Waals surface area contributed by atoms with E-state index in [-0.39, 0.29) is 6.03 Å². The van der Waals surface area contributed by atoms with E-state index in [1.807, 2.05) is 78.7 Å². The second kappa shape index (κ2) is 9.22. The summed E-state index contributed by atoms with van der Waals surface area (Å²) in [4.78, 5) is 23.0. The zero-order valence-corrected chi connectivity index (χ0v) is 18.0. The number of nitrogens with one attached hydrogen (secondary N) is 2. The van der Waals surface area contributed by atoms with Gasteiger partial charge in [0.15, 0.2) is 11.5 Å². The molecule has 0 radical (unpaired) electrons. The summed E-state index contributed by atoms with van der Waals surface area (Å²) in [5.74, 6) is 1.93. The number of hydrogen-bond donors (Lipinski definition) is 2. The Balaban J connectivity index is 1.54. The molecular weight excluding hydrogens is 406 g/mol. The first-order valence-corrected chi connectivity index (χ1v) is 9.92. The maximum Gasteiger partial charge on any atom is 0.323 e. The van der Waals surface area contributed by atoms with Crippen molar-refractivity contribution in [2.75, 3.05) is 36.8 Å². The summed E-state index contributed by atoms with van der Waals surface area (Å²) in [6.07, 6.45) is 1.52. The molecule has 0 atom stereocenters. The van der Waals surface area contributed by atoms with Crippen molar-refractivity contribution in [1.29, 1.82) is 0 Å². The first kappa shape index (κ1) is 20.9. The molecule has 1 aromatic heterocycles. The quantitative estimate of drug-likeness (QED) is 0.445. The monoisotopic (exact) mass is 429 g/mol. The first-order chi connectivity index (χ1) is 15.6. The topological polar surface area (TPSA) is 88.6 Å². The fraction of sp³-hybridized carbons (Fsp3) is 0.125. The molecular formula is C24H23N5O3. The van der Waals surface area contributed by atoms with Gasteiger partial charge in [0.25, 0.3) is 0 Å². The summed E-state index contributed by atoms with van der Waals surface area (Å²) < 4.78 is 10.8. The van der Waals surface area contributed by atoms with Gasteiger partial charge in [-0.05, 0) is 42.5 Å². The Morgan fingerprint density at radius 1 is 0.844 bits per heavy atom. The van der Waals surface area contributed by atoms with Crippen molar-refractivity contribution in [3.63, 3.8) is 0 Å². The van der Waals surface area contributed by atoms with E-state index in [1.165, 1.54) is 6.33 Å². The summed E-state index contributed by atoms with van der Waals surface area (Å²) in [6, 6.07) is 20.2. The van der Waals surface area contributed by atoms with Crippen LogP contribution in [0.5, 0.6) is 11.5 Å². The number of rotatable bonds is 6. The fourth-order valence-corrected chi connectivity index (χ4v) is 3.34. The van der Waals surface area contributed by atoms with Crippen LogP contribution in [-0.2, 0) is 0 Å². The van der Waals surface area contributed by atoms with Gasteiger partial charge < -0.3 is 25.0 Å². The van der Waals surface area contributed by atoms with E-state index in [1.54, 1.807) is 14.2 Å². The number of hydrogen-bond acceptors (Lipinski definition) is 6. The predicted molar refractivity (Wildman–Crippen MR) is 126 cm³/mol. The summed E-state index contributed by atoms with van der Waals surface area (Å²) in [6.45, 7) is 0. The Bertz CT molecular complexity index is 1230. The molecule has 0 aliphatic carbocycles. The molecule has 1 heterocycles. The zero-order valence-electron chi connectivity index (χ0n) is 18.0. The molecule has 0 saturated carbocycles. The number of nitrogens with zero attached hydrogens (tertiary/aromatic N) is 3. The summed E-state index contributed by atoms with van der Waals surface area (Å²) in [5, 5.41) is 6.45. The van der Waals surface area contributed by atoms with Gasteiger partial charge in [-0.3, -0.25) is 0 Å². The number of benzene rings is 3. The van der Waals surface area contributed by atoms with Gasteiger partial charge >= 0.3 is 6.03 Å². The number of methoxy groups -OCH3 is 2. The first-order valence-electron chi connectivity index (χ1n) is 9.92. The normalized spacial score (nSPS) is 10.5. The van der Waals surface area contributed by atoms with Gasteiger partial charge in [0.05, 0.1) is 19.7 Å². The van der Waals surface area contributed by atoms with E-state index in [4.69, 9.17) is 9.47 Å². The van der Waals surface area contributed by atoms with Crippen LogP contribution in [0, 0.1) is 0 Å². The van der Waals surface area contributed by atoms with Crippen LogP contribution in [0.15, 0.2) is 73.1 Å². The number of ether oxygens (including phenoxy) is 2. The molecule has 3 aromatic carbocycles. The maximum absolute atomic E-state index is 12.2. The highest BCUT2D eigenvalue weighted by Crippen LogP contribution is 2.36. The smallest absolute Gasteiger partial charge is 0.323 e. The third-order valence-electron chi connectivity index (χ3n) is 4.98. The lowest BCUT2D eigenvalue weighted by Gasteiger charge is -2.21. The maximum atomic E-state index is 12.2. The lowest BCUT2D eigenvalue weighted by Crippen LogP contribution is -2.19. The van der Waals surface area contributed by atoms with Crippen molar-refractivity contribution >= 4 is 39.8 Å². The number of carbonyl (C=O) groups is 1. The van der Waals surface area contributed by atoms with Crippen LogP contribution < -0.4 is 25.0 Å². The Labute approximate surface area is 185 Å². The van der Waals surface area contributed by atoms with Crippen molar-refractivity contribution in [2.24, 2.45) is 0 Å². The van der Waals surface area contributed by atoms with Crippen LogP contribution in [0.25, 0.3) is 10.9 Å². The molecule has 162 valence electrons. The third kappa shape index (κ3) is 4.39. The van der Waals surface area contributed by atoms with Crippen LogP contribution in [0.2, 0.25) is 0 Å². The number of urea groups is 1. The molecule has 0 unspecified atom stereocenters. The number of amides is 2. The zero-order chi connectivity index (χ0) is 22.5. The van der Waals surface area contributed by atoms with Crippen LogP contribution >= 0.6 is 0 Å². The number of para-hydroxylation sites is 1. The van der Waals surface area contributed by atoms with E-state index in [9.17, 15) is 4.79 Å². The second-order valence-electron chi connectivity index (χ2n) is 6.97. The Morgan fingerprint density at radius 3 is 2.12 bits per heavy atom. The average molecular weight is 429 g/mol. The molecule has 0 bridgehead atoms. The standard InChI is InChI=1S/C24H23N5O3/c1-29(23-19-13-21(31-2)22(32-3)14-20(19)25-15-26-23)18-11-9-17(10-12-18)28-24(30)27-16-7-5-4-6-8-16/h4-15H,1-3H3,(H2,27,28,30). The van der Waals surface area contributed by atoms with Crippen LogP contribution in [0.4, 0.5) is 27.7 Å². The Kier molecular flexibility index (Phi) is 6.03. The van der Waals surface area contributed by atoms with E-state index >= 15 is 0 Å². The number of anilines is 4. The lowest BCUT2D eigenvalue weighted by atomic mass is 10.2. The molecule has 4 aromatic rings. The summed E-state index contributed by atoms with van der Waals surface area (Å²) >= 11 is 0. The van der Waals surface area contributed by atoms with Crippen LogP contribution in [-0.4, -0.2) is 37.3 Å². The molecule has 0 aliphatic rings. The number of aromatic nitrogens is 2. The highest BCUT2D eigenvalue weighted by Gasteiger charge is 2.15. The van der Waals surface area contributed by atoms with Gasteiger partial charge in [-0.1, -0.05) is 18.2 Å². The molecule has 0 aliphatic heterocycles. The van der Waals surface area contributed by atoms with Crippen molar-refractivity contribution in [1.82, 2.24) is 9.97 Å². The van der Waals surface area contributed by atoms with E-state index < -0.39 is 0 Å². The van der Waals surface area contributed by atoms with E-state index in [0.717, 1.165) is 28.1 Å².